The quantitative estimate of drug-likeness (QED) is 0.878. The summed E-state index contributed by atoms with van der Waals surface area (Å²) < 4.78 is 13.7. The van der Waals surface area contributed by atoms with Crippen molar-refractivity contribution in [2.24, 2.45) is 11.7 Å². The highest BCUT2D eigenvalue weighted by Gasteiger charge is 2.28. The van der Waals surface area contributed by atoms with Gasteiger partial charge in [0.25, 0.3) is 0 Å². The van der Waals surface area contributed by atoms with E-state index in [1.165, 1.54) is 19.1 Å². The minimum absolute atomic E-state index is 0.0208. The number of nitrogens with two attached hydrogens (primary N) is 1. The molecule has 2 amide bonds. The summed E-state index contributed by atoms with van der Waals surface area (Å²) in [6.07, 6.45) is 1.27. The van der Waals surface area contributed by atoms with Gasteiger partial charge in [-0.05, 0) is 25.0 Å². The molecule has 0 spiro atoms. The second-order valence-corrected chi connectivity index (χ2v) is 6.28. The van der Waals surface area contributed by atoms with Crippen LogP contribution in [0.1, 0.15) is 25.3 Å². The van der Waals surface area contributed by atoms with Crippen molar-refractivity contribution in [3.05, 3.63) is 34.6 Å². The van der Waals surface area contributed by atoms with Crippen molar-refractivity contribution in [3.8, 4) is 0 Å². The van der Waals surface area contributed by atoms with Gasteiger partial charge in [-0.1, -0.05) is 17.7 Å². The van der Waals surface area contributed by atoms with E-state index in [1.807, 2.05) is 0 Å². The Morgan fingerprint density at radius 3 is 2.78 bits per heavy atom. The summed E-state index contributed by atoms with van der Waals surface area (Å²) >= 11 is 5.95. The number of rotatable bonds is 3. The zero-order valence-electron chi connectivity index (χ0n) is 13.0. The van der Waals surface area contributed by atoms with E-state index in [-0.39, 0.29) is 40.9 Å². The lowest BCUT2D eigenvalue weighted by atomic mass is 10.0. The van der Waals surface area contributed by atoms with Crippen LogP contribution < -0.4 is 11.1 Å². The van der Waals surface area contributed by atoms with Crippen LogP contribution in [0.3, 0.4) is 0 Å². The highest BCUT2D eigenvalue weighted by atomic mass is 35.5. The monoisotopic (exact) mass is 341 g/mol. The van der Waals surface area contributed by atoms with E-state index in [2.05, 4.69) is 5.32 Å². The van der Waals surface area contributed by atoms with Gasteiger partial charge in [0.15, 0.2) is 0 Å². The summed E-state index contributed by atoms with van der Waals surface area (Å²) in [4.78, 5) is 25.6. The van der Waals surface area contributed by atoms with Gasteiger partial charge in [0.1, 0.15) is 5.82 Å². The molecule has 0 unspecified atom stereocenters. The molecular weight excluding hydrogens is 321 g/mol. The van der Waals surface area contributed by atoms with E-state index in [1.54, 1.807) is 11.0 Å². The summed E-state index contributed by atoms with van der Waals surface area (Å²) in [5.41, 5.74) is 6.20. The van der Waals surface area contributed by atoms with Gasteiger partial charge in [-0.2, -0.15) is 0 Å². The van der Waals surface area contributed by atoms with Crippen LogP contribution in [0.15, 0.2) is 18.2 Å². The van der Waals surface area contributed by atoms with Gasteiger partial charge in [-0.3, -0.25) is 9.59 Å². The fourth-order valence-corrected chi connectivity index (χ4v) is 2.94. The van der Waals surface area contributed by atoms with Gasteiger partial charge in [0, 0.05) is 43.2 Å². The third kappa shape index (κ3) is 4.65. The number of hydrogen-bond acceptors (Lipinski definition) is 3. The van der Waals surface area contributed by atoms with Crippen molar-refractivity contribution < 1.29 is 14.0 Å². The van der Waals surface area contributed by atoms with Crippen molar-refractivity contribution >= 4 is 23.4 Å². The van der Waals surface area contributed by atoms with Crippen molar-refractivity contribution in [3.63, 3.8) is 0 Å². The van der Waals surface area contributed by atoms with Crippen LogP contribution >= 0.6 is 11.6 Å². The number of hydrogen-bond donors (Lipinski definition) is 2. The van der Waals surface area contributed by atoms with Gasteiger partial charge in [0.05, 0.1) is 5.92 Å². The maximum atomic E-state index is 13.7. The molecule has 2 rings (SSSR count). The lowest BCUT2D eigenvalue weighted by Crippen LogP contribution is -2.42. The molecule has 0 bridgehead atoms. The Kier molecular flexibility index (Phi) is 5.96. The van der Waals surface area contributed by atoms with Crippen molar-refractivity contribution in [2.75, 3.05) is 13.1 Å². The predicted molar refractivity (Wildman–Crippen MR) is 86.2 cm³/mol. The molecule has 3 N–H and O–H groups in total. The van der Waals surface area contributed by atoms with E-state index in [9.17, 15) is 14.0 Å². The Bertz CT molecular complexity index is 576. The molecule has 23 heavy (non-hydrogen) atoms. The number of nitrogens with one attached hydrogen (secondary N) is 1. The Morgan fingerprint density at radius 1 is 1.39 bits per heavy atom. The van der Waals surface area contributed by atoms with Crippen molar-refractivity contribution in [1.82, 2.24) is 10.2 Å². The molecule has 1 aromatic carbocycles. The minimum Gasteiger partial charge on any atom is -0.352 e. The van der Waals surface area contributed by atoms with Gasteiger partial charge in [0.2, 0.25) is 11.8 Å². The zero-order chi connectivity index (χ0) is 17.0. The molecule has 2 atom stereocenters. The number of carbonyl (C=O) groups excluding carboxylic acids is 2. The second-order valence-electron chi connectivity index (χ2n) is 5.88. The number of carbonyl (C=O) groups is 2. The molecule has 5 nitrogen and oxygen atoms in total. The van der Waals surface area contributed by atoms with Crippen LogP contribution in [-0.4, -0.2) is 35.8 Å². The third-order valence-electron chi connectivity index (χ3n) is 4.10. The molecule has 1 aliphatic rings. The molecule has 0 aromatic heterocycles. The summed E-state index contributed by atoms with van der Waals surface area (Å²) in [6.45, 7) is 2.28. The number of halogens is 2. The normalized spacial score (nSPS) is 21.7. The first-order valence-electron chi connectivity index (χ1n) is 7.60. The van der Waals surface area contributed by atoms with Gasteiger partial charge in [-0.15, -0.1) is 0 Å². The highest BCUT2D eigenvalue weighted by Crippen LogP contribution is 2.20. The fourth-order valence-electron chi connectivity index (χ4n) is 2.71. The van der Waals surface area contributed by atoms with Crippen LogP contribution in [-0.2, 0) is 16.1 Å². The smallest absolute Gasteiger partial charge is 0.225 e. The van der Waals surface area contributed by atoms with Crippen molar-refractivity contribution in [1.29, 1.82) is 0 Å². The van der Waals surface area contributed by atoms with Crippen molar-refractivity contribution in [2.45, 2.75) is 32.4 Å². The summed E-state index contributed by atoms with van der Waals surface area (Å²) in [5.74, 6) is -1.12. The Hall–Kier alpha value is -1.66. The zero-order valence-corrected chi connectivity index (χ0v) is 13.8. The minimum atomic E-state index is -0.453. The van der Waals surface area contributed by atoms with Gasteiger partial charge in [-0.25, -0.2) is 4.39 Å². The fraction of sp³-hybridized carbons (Fsp3) is 0.500. The Morgan fingerprint density at radius 2 is 2.13 bits per heavy atom. The predicted octanol–water partition coefficient (Wildman–Crippen LogP) is 1.68. The lowest BCUT2D eigenvalue weighted by Gasteiger charge is -2.23. The Labute approximate surface area is 140 Å². The van der Waals surface area contributed by atoms with Crippen LogP contribution in [0.25, 0.3) is 0 Å². The molecule has 1 heterocycles. The molecule has 1 fully saturated rings. The maximum absolute atomic E-state index is 13.7. The molecule has 1 saturated heterocycles. The molecule has 7 heteroatoms. The van der Waals surface area contributed by atoms with E-state index in [0.29, 0.717) is 25.9 Å². The average Bonchev–Trinajstić information content (AvgIpc) is 2.68. The molecule has 0 aliphatic carbocycles. The lowest BCUT2D eigenvalue weighted by molar-refractivity contribution is -0.131. The molecule has 1 aromatic rings. The summed E-state index contributed by atoms with van der Waals surface area (Å²) in [6, 6.07) is 4.27. The maximum Gasteiger partial charge on any atom is 0.225 e. The number of amides is 2. The highest BCUT2D eigenvalue weighted by molar-refractivity contribution is 6.31. The first-order valence-corrected chi connectivity index (χ1v) is 7.98. The van der Waals surface area contributed by atoms with Gasteiger partial charge < -0.3 is 16.0 Å². The Balaban J connectivity index is 2.00. The molecule has 0 radical (unpaired) electrons. The summed E-state index contributed by atoms with van der Waals surface area (Å²) in [5, 5.41) is 2.99. The number of likely N-dealkylation sites (tertiary alicyclic amines) is 1. The van der Waals surface area contributed by atoms with E-state index >= 15 is 0 Å². The van der Waals surface area contributed by atoms with E-state index < -0.39 is 5.82 Å². The SMILES string of the molecule is CC(=O)N1C[C@@H](N)CC[C@@H](C(=O)NCc2c(F)cccc2Cl)C1. The van der Waals surface area contributed by atoms with Crippen LogP contribution in [0.5, 0.6) is 0 Å². The first-order chi connectivity index (χ1) is 10.9. The third-order valence-corrected chi connectivity index (χ3v) is 4.45. The van der Waals surface area contributed by atoms with Crippen LogP contribution in [0.2, 0.25) is 5.02 Å². The van der Waals surface area contributed by atoms with Gasteiger partial charge >= 0.3 is 0 Å². The first kappa shape index (κ1) is 17.7. The molecule has 126 valence electrons. The molecule has 1 aliphatic heterocycles. The molecule has 0 saturated carbocycles. The van der Waals surface area contributed by atoms with Crippen LogP contribution in [0, 0.1) is 11.7 Å². The van der Waals surface area contributed by atoms with E-state index in [0.717, 1.165) is 0 Å². The second kappa shape index (κ2) is 7.75. The average molecular weight is 342 g/mol. The topological polar surface area (TPSA) is 75.4 Å². The number of benzene rings is 1. The summed E-state index contributed by atoms with van der Waals surface area (Å²) in [7, 11) is 0. The largest absolute Gasteiger partial charge is 0.352 e. The standard InChI is InChI=1S/C16H21ClFN3O2/c1-10(22)21-8-11(5-6-12(19)9-21)16(23)20-7-13-14(17)3-2-4-15(13)18/h2-4,11-12H,5-9,19H2,1H3,(H,20,23)/t11-,12+/m1/s1. The number of nitrogens with zero attached hydrogens (tertiary/aromatic N) is 1. The van der Waals surface area contributed by atoms with Crippen LogP contribution in [0.4, 0.5) is 4.39 Å². The van der Waals surface area contributed by atoms with E-state index in [4.69, 9.17) is 17.3 Å². The molecular formula is C16H21ClFN3O2.